The fraction of sp³-hybridized carbons (Fsp3) is 0.435. The molecule has 0 saturated carbocycles. The Kier molecular flexibility index (Phi) is 35.0. The van der Waals surface area contributed by atoms with Gasteiger partial charge in [0.2, 0.25) is 16.1 Å². The average molecular weight is 2070 g/mol. The molecule has 10 saturated heterocycles. The van der Waals surface area contributed by atoms with Crippen molar-refractivity contribution in [2.75, 3.05) is 260 Å². The molecule has 0 unspecified atom stereocenters. The Bertz CT molecular complexity index is 6970. The topological polar surface area (TPSA) is 266 Å². The van der Waals surface area contributed by atoms with Crippen LogP contribution in [0.5, 0.6) is 0 Å². The van der Waals surface area contributed by atoms with Crippen LogP contribution in [0.1, 0.15) is 96.8 Å². The van der Waals surface area contributed by atoms with Crippen LogP contribution in [0.4, 0.5) is 17.1 Å². The highest BCUT2D eigenvalue weighted by Crippen LogP contribution is 2.47. The molecular formula is C115H137Cl3N16O14. The molecule has 30 nitrogen and oxygen atoms in total. The minimum atomic E-state index is -0.777. The fourth-order valence-electron chi connectivity index (χ4n) is 22.3. The molecule has 0 spiro atoms. The molecule has 6 aromatic rings. The van der Waals surface area contributed by atoms with Gasteiger partial charge in [-0.05, 0) is 177 Å². The predicted octanol–water partition coefficient (Wildman–Crippen LogP) is 2.48. The molecule has 782 valence electrons. The van der Waals surface area contributed by atoms with Gasteiger partial charge in [0.25, 0.3) is 29.5 Å². The highest BCUT2D eigenvalue weighted by molar-refractivity contribution is 6.13. The van der Waals surface area contributed by atoms with Crippen molar-refractivity contribution in [2.24, 2.45) is 17.8 Å². The van der Waals surface area contributed by atoms with Crippen LogP contribution in [-0.4, -0.2) is 347 Å². The number of amides is 5. The second-order valence-electron chi connectivity index (χ2n) is 40.7. The standard InChI is InChI=1S/C40H45N6O6.C38H46N5O4.C36H41N5O4.CH4.3ClH/c1-41-17-21-43(22-18-41)28-7-9-32-34(25-28)51-35-26-29(44-23-19-42(2)20-24-44)8-10-33(35)38(32)30-5-3-4-6-31(30)39(49)45-15-13-27(14-16-45)40(50)52-46-36(47)11-12-37(46)48;1-4-46-38(45)27-13-15-43(16-14-27)37(44)31-8-6-5-7-30(31)36-32-11-9-28(41-21-17-39(2)18-22-41)25-34(32)47-35-26-29(10-12-33(35)36)42-23-19-40(3)20-24-42;1-37-15-19-39(20-16-37)26-7-9-30-32(23-26)45-33-24-27(40-21-17-38(2)18-22-40)8-10-31(33)34(30)28-5-3-4-6-29(28)35(42)41-13-11-25(12-14-41)36(43)44;;;;/h3-10,25-27H,11-24H2,1-2H3;5-12,25-27H,4,13-24H2,1-3H3;3-10,23-25H,11-22H2,1-2H3;1H4;3*1H/q2*+1;;;;;/p-2. The zero-order valence-electron chi connectivity index (χ0n) is 85.2. The fourth-order valence-corrected chi connectivity index (χ4v) is 22.3. The molecule has 0 atom stereocenters. The number of fused-ring (bicyclic) bond motifs is 6. The second kappa shape index (κ2) is 47.9. The van der Waals surface area contributed by atoms with Gasteiger partial charge in [0.1, 0.15) is 34.0 Å². The van der Waals surface area contributed by atoms with E-state index >= 15 is 0 Å². The van der Waals surface area contributed by atoms with Crippen molar-refractivity contribution in [3.63, 3.8) is 0 Å². The van der Waals surface area contributed by atoms with E-state index < -0.39 is 35.6 Å². The number of halogens is 3. The normalized spacial score (nSPS) is 18.6. The summed E-state index contributed by atoms with van der Waals surface area (Å²) < 4.78 is 32.8. The Morgan fingerprint density at radius 1 is 0.331 bits per heavy atom. The Balaban J connectivity index is 0.000000157. The number of anilines is 3. The maximum atomic E-state index is 14.3. The van der Waals surface area contributed by atoms with Crippen molar-refractivity contribution in [3.05, 3.63) is 215 Å². The van der Waals surface area contributed by atoms with Crippen LogP contribution in [0.15, 0.2) is 195 Å². The first-order valence-corrected chi connectivity index (χ1v) is 51.7. The monoisotopic (exact) mass is 2070 g/mol. The molecule has 22 rings (SSSR count). The summed E-state index contributed by atoms with van der Waals surface area (Å²) >= 11 is 0. The summed E-state index contributed by atoms with van der Waals surface area (Å²) in [5, 5.41) is 16.4. The number of carboxylic acids is 1. The third-order valence-electron chi connectivity index (χ3n) is 31.4. The number of likely N-dealkylation sites (tertiary alicyclic amines) is 3. The third-order valence-corrected chi connectivity index (χ3v) is 31.4. The van der Waals surface area contributed by atoms with E-state index in [0.29, 0.717) is 106 Å². The van der Waals surface area contributed by atoms with Gasteiger partial charge < -0.3 is 109 Å². The number of hydrogen-bond acceptors (Lipinski definition) is 22. The average Bonchev–Trinajstić information content (AvgIpc) is 1.14. The summed E-state index contributed by atoms with van der Waals surface area (Å²) in [7, 11) is 13.0. The van der Waals surface area contributed by atoms with Crippen LogP contribution in [0.25, 0.3) is 100 Å². The molecule has 13 heterocycles. The van der Waals surface area contributed by atoms with Crippen molar-refractivity contribution in [1.82, 2.24) is 62.9 Å². The van der Waals surface area contributed by atoms with Crippen molar-refractivity contribution in [1.29, 1.82) is 0 Å². The van der Waals surface area contributed by atoms with Crippen LogP contribution in [0.2, 0.25) is 0 Å². The van der Waals surface area contributed by atoms with E-state index in [1.807, 2.05) is 83.5 Å². The lowest BCUT2D eigenvalue weighted by atomic mass is 9.89. The minimum Gasteiger partial charge on any atom is -1.00 e. The maximum Gasteiger partial charge on any atom is 0.336 e. The summed E-state index contributed by atoms with van der Waals surface area (Å²) in [4.78, 5) is 135. The molecule has 1 N–H and O–H groups in total. The van der Waals surface area contributed by atoms with Crippen LogP contribution in [0, 0.1) is 17.8 Å². The molecule has 148 heavy (non-hydrogen) atoms. The Hall–Kier alpha value is -12.6. The number of likely N-dealkylation sites (N-methyl/N-ethyl adjacent to an activating group) is 6. The number of carbonyl (C=O) groups is 8. The quantitative estimate of drug-likeness (QED) is 0.0709. The molecule has 6 aromatic carbocycles. The Morgan fingerprint density at radius 3 is 0.899 bits per heavy atom. The number of piperidine rings is 3. The van der Waals surface area contributed by atoms with Gasteiger partial charge in [-0.2, -0.15) is 0 Å². The second-order valence-corrected chi connectivity index (χ2v) is 40.7. The van der Waals surface area contributed by atoms with E-state index in [0.717, 1.165) is 290 Å². The number of hydrogen-bond donors (Lipinski definition) is 1. The van der Waals surface area contributed by atoms with Crippen LogP contribution >= 0.6 is 0 Å². The molecule has 5 amide bonds. The lowest BCUT2D eigenvalue weighted by molar-refractivity contribution is -0.201. The first-order chi connectivity index (χ1) is 70.0. The smallest absolute Gasteiger partial charge is 0.336 e. The molecule has 3 aliphatic carbocycles. The van der Waals surface area contributed by atoms with Gasteiger partial charge in [0.15, 0.2) is 39.3 Å². The lowest BCUT2D eigenvalue weighted by Crippen LogP contribution is -3.00. The summed E-state index contributed by atoms with van der Waals surface area (Å²) in [6.45, 7) is 28.6. The summed E-state index contributed by atoms with van der Waals surface area (Å²) in [5.41, 5.74) is 16.1. The third kappa shape index (κ3) is 23.4. The Morgan fingerprint density at radius 2 is 0.608 bits per heavy atom. The number of aliphatic carboxylic acids is 1. The van der Waals surface area contributed by atoms with E-state index in [4.69, 9.17) is 22.8 Å². The summed E-state index contributed by atoms with van der Waals surface area (Å²) in [6.07, 6.45) is 3.04. The SMILES string of the molecule is C.CCOC(=O)C1CCN(C(=O)c2ccccc2-c2c3ccc(=[N+]4CCN(C)CC4)cc-3oc3cc(N4CCN(C)CC4)ccc23)CC1.CN1CCN(c2ccc3c(-c4ccccc4C(=O)N4CCC(C(=O)O)CC4)c4ccc(=[N+]5CCN(C)CC5)cc-4oc3c2)CC1.CN1CCN(c2ccc3c(-c4ccccc4C(=O)N4CCC(C(=O)ON5C(=O)CCC5=O)CC4)c4ccc(=[N+]5CCN(C)CC5)cc-4oc3c2)CC1.[Cl-].[Cl-].[Cl-]. The predicted molar refractivity (Wildman–Crippen MR) is 566 cm³/mol. The zero-order valence-corrected chi connectivity index (χ0v) is 87.4. The number of benzene rings is 9. The number of esters is 1. The molecule has 13 aliphatic heterocycles. The van der Waals surface area contributed by atoms with E-state index in [1.165, 1.54) is 0 Å². The van der Waals surface area contributed by atoms with Gasteiger partial charge in [-0.1, -0.05) is 62.0 Å². The number of ether oxygens (including phenoxy) is 1. The molecule has 0 aromatic heterocycles. The van der Waals surface area contributed by atoms with Crippen molar-refractivity contribution in [3.8, 4) is 67.4 Å². The number of carbonyl (C=O) groups excluding carboxylic acids is 7. The van der Waals surface area contributed by atoms with Crippen LogP contribution in [0.3, 0.4) is 0 Å². The van der Waals surface area contributed by atoms with Gasteiger partial charge in [-0.15, -0.1) is 5.06 Å². The van der Waals surface area contributed by atoms with Crippen molar-refractivity contribution < 1.29 is 104 Å². The van der Waals surface area contributed by atoms with E-state index in [2.05, 4.69) is 215 Å². The lowest BCUT2D eigenvalue weighted by Gasteiger charge is -2.34. The van der Waals surface area contributed by atoms with E-state index in [9.17, 15) is 43.5 Å². The first-order valence-electron chi connectivity index (χ1n) is 51.7. The van der Waals surface area contributed by atoms with E-state index in [1.54, 1.807) is 4.90 Å². The number of carboxylic acid groups (broad SMARTS) is 1. The maximum absolute atomic E-state index is 14.3. The van der Waals surface area contributed by atoms with Gasteiger partial charge >= 0.3 is 17.9 Å². The molecule has 0 bridgehead atoms. The van der Waals surface area contributed by atoms with Crippen LogP contribution in [-0.2, 0) is 33.5 Å². The van der Waals surface area contributed by atoms with Gasteiger partial charge in [-0.25, -0.2) is 18.5 Å². The number of rotatable bonds is 14. The summed E-state index contributed by atoms with van der Waals surface area (Å²) in [5.74, 6) is -1.37. The summed E-state index contributed by atoms with van der Waals surface area (Å²) in [6, 6.07) is 62.5. The molecule has 33 heteroatoms. The Labute approximate surface area is 883 Å². The number of piperazine rings is 6. The van der Waals surface area contributed by atoms with Gasteiger partial charge in [0.05, 0.1) is 81.8 Å². The highest BCUT2D eigenvalue weighted by atomic mass is 35.5. The zero-order chi connectivity index (χ0) is 99.5. The number of imide groups is 1. The minimum absolute atomic E-state index is 0. The molecule has 16 aliphatic rings. The van der Waals surface area contributed by atoms with Crippen molar-refractivity contribution in [2.45, 2.75) is 65.7 Å². The van der Waals surface area contributed by atoms with Crippen molar-refractivity contribution >= 4 is 97.4 Å². The van der Waals surface area contributed by atoms with Crippen LogP contribution < -0.4 is 81.7 Å². The number of hydroxylamine groups is 2. The molecular weight excluding hydrogens is 1940 g/mol. The first kappa shape index (κ1) is 108. The van der Waals surface area contributed by atoms with E-state index in [-0.39, 0.29) is 87.1 Å². The largest absolute Gasteiger partial charge is 1.00 e. The molecule has 0 radical (unpaired) electrons. The van der Waals surface area contributed by atoms with Gasteiger partial charge in [0, 0.05) is 250 Å². The molecule has 10 fully saturated rings. The van der Waals surface area contributed by atoms with Gasteiger partial charge in [-0.3, -0.25) is 48.3 Å². The highest BCUT2D eigenvalue weighted by Gasteiger charge is 2.40. The number of nitrogens with zero attached hydrogens (tertiary/aromatic N) is 16.